The van der Waals surface area contributed by atoms with Gasteiger partial charge in [-0.1, -0.05) is 36.4 Å². The van der Waals surface area contributed by atoms with Crippen molar-refractivity contribution in [1.82, 2.24) is 0 Å². The van der Waals surface area contributed by atoms with Crippen molar-refractivity contribution < 1.29 is 8.83 Å². The van der Waals surface area contributed by atoms with Gasteiger partial charge in [-0.25, -0.2) is 0 Å². The molecular formula is C84H54IN3O2. The third-order valence-electron chi connectivity index (χ3n) is 20.1. The number of halogens is 1. The molecule has 2 aromatic heterocycles. The Morgan fingerprint density at radius 2 is 0.967 bits per heavy atom. The van der Waals surface area contributed by atoms with Crippen molar-refractivity contribution in [2.24, 2.45) is 0 Å². The molecule has 6 heteroatoms. The van der Waals surface area contributed by atoms with Crippen LogP contribution in [0, 0.1) is 10.7 Å². The Morgan fingerprint density at radius 3 is 1.78 bits per heavy atom. The van der Waals surface area contributed by atoms with Crippen LogP contribution in [0.15, 0.2) is 294 Å². The van der Waals surface area contributed by atoms with Gasteiger partial charge in [-0.15, -0.1) is 0 Å². The Labute approximate surface area is 527 Å². The van der Waals surface area contributed by atoms with Crippen molar-refractivity contribution in [3.05, 3.63) is 329 Å². The second-order valence-electron chi connectivity index (χ2n) is 25.0. The maximum atomic E-state index is 7.16. The number of benzene rings is 14. The Bertz CT molecular complexity index is 5810. The summed E-state index contributed by atoms with van der Waals surface area (Å²) in [4.78, 5) is 5.10. The second-order valence-corrected chi connectivity index (χ2v) is 30.3. The van der Waals surface area contributed by atoms with Gasteiger partial charge in [0, 0.05) is 0 Å². The summed E-state index contributed by atoms with van der Waals surface area (Å²) < 4.78 is 18.3. The van der Waals surface area contributed by atoms with Crippen LogP contribution in [0.1, 0.15) is 47.2 Å². The number of hydrogen-bond donors (Lipinski definition) is 1. The first-order valence-corrected chi connectivity index (χ1v) is 34.3. The molecule has 0 amide bonds. The molecule has 4 aliphatic rings. The molecule has 5 nitrogen and oxygen atoms in total. The molecule has 90 heavy (non-hydrogen) atoms. The van der Waals surface area contributed by atoms with Crippen molar-refractivity contribution in [1.29, 1.82) is 0 Å². The molecule has 1 N–H and O–H groups in total. The predicted octanol–water partition coefficient (Wildman–Crippen LogP) is 23.2. The summed E-state index contributed by atoms with van der Waals surface area (Å²) in [6.07, 6.45) is 0. The summed E-state index contributed by atoms with van der Waals surface area (Å²) in [6, 6.07) is 107. The molecule has 2 aliphatic heterocycles. The van der Waals surface area contributed by atoms with Gasteiger partial charge in [0.15, 0.2) is 0 Å². The van der Waals surface area contributed by atoms with Crippen molar-refractivity contribution in [2.45, 2.75) is 24.7 Å². The van der Waals surface area contributed by atoms with Gasteiger partial charge in [-0.05, 0) is 6.07 Å². The molecule has 0 fully saturated rings. The van der Waals surface area contributed by atoms with Crippen LogP contribution in [0.5, 0.6) is 0 Å². The van der Waals surface area contributed by atoms with E-state index in [0.717, 1.165) is 83.7 Å². The maximum absolute atomic E-state index is 7.16. The normalized spacial score (nSPS) is 15.4. The van der Waals surface area contributed by atoms with E-state index < -0.39 is 30.6 Å². The first kappa shape index (κ1) is 50.3. The van der Waals surface area contributed by atoms with Crippen molar-refractivity contribution >= 4 is 131 Å². The number of furan rings is 2. The topological polar surface area (TPSA) is 44.8 Å². The fourth-order valence-electron chi connectivity index (χ4n) is 16.3. The zero-order chi connectivity index (χ0) is 59.1. The van der Waals surface area contributed by atoms with E-state index in [2.05, 4.69) is 314 Å². The SMILES string of the molecule is CC1(C)c2ccccc2-c2c(N(c3ccc4ccccc4c3)c3cccc4c3oc3ccccc34)cc3c(c21)-c1ccc(I(c2ccc4ccccc4c2)c2cccc4c2oc2ccccc24)cc1C31c2ccccc2N2c3ccccc3Nc3cccc1c32. The molecular weight excluding hydrogens is 1210 g/mol. The molecule has 0 bridgehead atoms. The van der Waals surface area contributed by atoms with Gasteiger partial charge in [0.25, 0.3) is 0 Å². The van der Waals surface area contributed by atoms with Crippen molar-refractivity contribution in [2.75, 3.05) is 15.1 Å². The standard InChI is InChI=1S/C84H54IN3O2/c1-83(2)63-29-10-7-26-61(63)78-74(87(56-44-41-51-21-4-6-23-53(51)47-56)73-37-18-28-60-58-25-9-16-39-76(58)90-82(60)73)49-67-77(79(78)83)62-45-43-55(85(54-42-40-50-20-3-5-22-52(50)46-54)68-32-17-27-59-57-24-8-15-38-75(57)89-81(59)68)48-66(62)84(67)64-30-11-13-35-71(64)88-72-36-14-12-33-69(72)86-70-34-19-31-65(84)80(70)88/h3-49,86H,1-2H3. The Balaban J connectivity index is 0.951. The fourth-order valence-corrected chi connectivity index (χ4v) is 22.2. The molecule has 424 valence electrons. The minimum absolute atomic E-state index is 0.453. The average molecular weight is 1260 g/mol. The van der Waals surface area contributed by atoms with E-state index in [0.29, 0.717) is 0 Å². The molecule has 4 heterocycles. The first-order chi connectivity index (χ1) is 44.4. The third-order valence-corrected chi connectivity index (χ3v) is 25.9. The van der Waals surface area contributed by atoms with E-state index in [-0.39, 0.29) is 0 Å². The van der Waals surface area contributed by atoms with Crippen LogP contribution < -0.4 is 15.1 Å². The van der Waals surface area contributed by atoms with Gasteiger partial charge in [0.2, 0.25) is 0 Å². The molecule has 1 atom stereocenters. The molecule has 20 rings (SSSR count). The van der Waals surface area contributed by atoms with Crippen LogP contribution in [0.2, 0.25) is 0 Å². The summed E-state index contributed by atoms with van der Waals surface area (Å²) in [5, 5.41) is 13.3. The number of nitrogens with one attached hydrogen (secondary N) is 1. The molecule has 2 aliphatic carbocycles. The Hall–Kier alpha value is -10.7. The van der Waals surface area contributed by atoms with Gasteiger partial charge < -0.3 is 0 Å². The van der Waals surface area contributed by atoms with Crippen molar-refractivity contribution in [3.8, 4) is 22.3 Å². The van der Waals surface area contributed by atoms with E-state index >= 15 is 0 Å². The average Bonchev–Trinajstić information content (AvgIpc) is 1.45. The summed E-state index contributed by atoms with van der Waals surface area (Å²) in [6.45, 7) is 4.95. The molecule has 0 radical (unpaired) electrons. The molecule has 14 aromatic carbocycles. The number of anilines is 8. The number of para-hydroxylation sites is 8. The van der Waals surface area contributed by atoms with Crippen LogP contribution >= 0.6 is 19.8 Å². The number of nitrogens with zero attached hydrogens (tertiary/aromatic N) is 2. The van der Waals surface area contributed by atoms with Gasteiger partial charge >= 0.3 is 488 Å². The second kappa shape index (κ2) is 18.5. The summed E-state index contributed by atoms with van der Waals surface area (Å²) in [5.74, 6) is 0. The van der Waals surface area contributed by atoms with Crippen LogP contribution in [0.3, 0.4) is 0 Å². The number of rotatable bonds is 6. The number of fused-ring (bicyclic) bond motifs is 23. The Kier molecular flexibility index (Phi) is 10.3. The number of hydrogen-bond acceptors (Lipinski definition) is 5. The summed E-state index contributed by atoms with van der Waals surface area (Å²) >= 11 is -2.74. The zero-order valence-electron chi connectivity index (χ0n) is 49.2. The van der Waals surface area contributed by atoms with Crippen LogP contribution in [-0.4, -0.2) is 0 Å². The molecule has 0 saturated carbocycles. The van der Waals surface area contributed by atoms with Gasteiger partial charge in [-0.2, -0.15) is 0 Å². The van der Waals surface area contributed by atoms with Gasteiger partial charge in [-0.3, -0.25) is 0 Å². The van der Waals surface area contributed by atoms with Crippen molar-refractivity contribution in [3.63, 3.8) is 0 Å². The third kappa shape index (κ3) is 6.70. The monoisotopic (exact) mass is 1260 g/mol. The zero-order valence-corrected chi connectivity index (χ0v) is 51.4. The van der Waals surface area contributed by atoms with Crippen LogP contribution in [0.4, 0.5) is 45.5 Å². The molecule has 0 saturated heterocycles. The molecule has 1 spiro atoms. The molecule has 16 aromatic rings. The van der Waals surface area contributed by atoms with Crippen LogP contribution in [0.25, 0.3) is 87.7 Å². The summed E-state index contributed by atoms with van der Waals surface area (Å²) in [7, 11) is 0. The minimum atomic E-state index is -2.74. The van der Waals surface area contributed by atoms with E-state index in [1.807, 2.05) is 0 Å². The van der Waals surface area contributed by atoms with Gasteiger partial charge in [0.05, 0.1) is 0 Å². The van der Waals surface area contributed by atoms with Crippen LogP contribution in [-0.2, 0) is 10.8 Å². The molecule has 1 unspecified atom stereocenters. The van der Waals surface area contributed by atoms with E-state index in [1.54, 1.807) is 0 Å². The first-order valence-electron chi connectivity index (χ1n) is 31.0. The van der Waals surface area contributed by atoms with E-state index in [1.165, 1.54) is 93.6 Å². The quantitative estimate of drug-likeness (QED) is 0.168. The predicted molar refractivity (Wildman–Crippen MR) is 380 cm³/mol. The Morgan fingerprint density at radius 1 is 0.389 bits per heavy atom. The van der Waals surface area contributed by atoms with E-state index in [9.17, 15) is 0 Å². The fraction of sp³-hybridized carbons (Fsp3) is 0.0476. The van der Waals surface area contributed by atoms with Gasteiger partial charge in [0.1, 0.15) is 0 Å². The van der Waals surface area contributed by atoms with E-state index in [4.69, 9.17) is 8.83 Å². The summed E-state index contributed by atoms with van der Waals surface area (Å²) in [5.41, 5.74) is 23.7.